The maximum absolute atomic E-state index is 12.3. The van der Waals surface area contributed by atoms with Crippen molar-refractivity contribution >= 4 is 5.97 Å². The molecule has 0 amide bonds. The van der Waals surface area contributed by atoms with Crippen LogP contribution in [0.2, 0.25) is 0 Å². The quantitative estimate of drug-likeness (QED) is 0.168. The normalized spacial score (nSPS) is 13.9. The second kappa shape index (κ2) is 16.4. The van der Waals surface area contributed by atoms with Crippen molar-refractivity contribution in [1.29, 1.82) is 0 Å². The van der Waals surface area contributed by atoms with E-state index in [2.05, 4.69) is 16.9 Å². The molecular weight excluding hydrogens is 432 g/mol. The molecule has 1 aliphatic carbocycles. The van der Waals surface area contributed by atoms with Gasteiger partial charge >= 0.3 is 5.97 Å². The van der Waals surface area contributed by atoms with Gasteiger partial charge in [0.25, 0.3) is 0 Å². The molecule has 35 heavy (non-hydrogen) atoms. The molecule has 1 saturated carbocycles. The van der Waals surface area contributed by atoms with Gasteiger partial charge in [0.15, 0.2) is 0 Å². The number of carbonyl (C=O) groups excluding carboxylic acids is 1. The number of hydrogen-bond acceptors (Lipinski definition) is 4. The predicted octanol–water partition coefficient (Wildman–Crippen LogP) is 8.73. The Labute approximate surface area is 213 Å². The van der Waals surface area contributed by atoms with Gasteiger partial charge in [0.05, 0.1) is 29.8 Å². The largest absolute Gasteiger partial charge is 0.462 e. The number of unbranched alkanes of at least 4 members (excludes halogenated alkanes) is 9. The van der Waals surface area contributed by atoms with Gasteiger partial charge in [-0.25, -0.2) is 4.79 Å². The first kappa shape index (κ1) is 27.4. The molecule has 1 aromatic carbocycles. The zero-order chi connectivity index (χ0) is 24.6. The molecule has 0 N–H and O–H groups in total. The summed E-state index contributed by atoms with van der Waals surface area (Å²) in [5, 5.41) is 0. The number of ether oxygens (including phenoxy) is 1. The Hall–Kier alpha value is -2.23. The van der Waals surface area contributed by atoms with Crippen LogP contribution >= 0.6 is 0 Å². The summed E-state index contributed by atoms with van der Waals surface area (Å²) in [6.45, 7) is 2.77. The van der Waals surface area contributed by atoms with E-state index in [1.165, 1.54) is 89.9 Å². The second-order valence-electron chi connectivity index (χ2n) is 10.3. The minimum Gasteiger partial charge on any atom is -0.462 e. The van der Waals surface area contributed by atoms with E-state index in [0.717, 1.165) is 42.1 Å². The van der Waals surface area contributed by atoms with Crippen molar-refractivity contribution in [2.45, 2.75) is 116 Å². The summed E-state index contributed by atoms with van der Waals surface area (Å²) < 4.78 is 5.48. The maximum Gasteiger partial charge on any atom is 0.338 e. The summed E-state index contributed by atoms with van der Waals surface area (Å²) >= 11 is 0. The summed E-state index contributed by atoms with van der Waals surface area (Å²) in [6, 6.07) is 7.51. The Bertz CT molecular complexity index is 826. The minimum atomic E-state index is -0.237. The van der Waals surface area contributed by atoms with Crippen LogP contribution in [0.4, 0.5) is 0 Å². The Balaban J connectivity index is 1.30. The first-order valence-electron chi connectivity index (χ1n) is 14.3. The molecule has 0 saturated heterocycles. The lowest BCUT2D eigenvalue weighted by atomic mass is 9.99. The number of carbonyl (C=O) groups is 1. The van der Waals surface area contributed by atoms with E-state index in [-0.39, 0.29) is 5.97 Å². The Morgan fingerprint density at radius 2 is 1.51 bits per heavy atom. The molecule has 1 aliphatic rings. The first-order valence-corrected chi connectivity index (χ1v) is 14.3. The van der Waals surface area contributed by atoms with Crippen molar-refractivity contribution < 1.29 is 9.53 Å². The number of nitrogens with zero attached hydrogens (tertiary/aromatic N) is 2. The highest BCUT2D eigenvalue weighted by atomic mass is 16.5. The van der Waals surface area contributed by atoms with Crippen molar-refractivity contribution in [3.05, 3.63) is 47.9 Å². The smallest absolute Gasteiger partial charge is 0.338 e. The zero-order valence-electron chi connectivity index (χ0n) is 22.0. The fourth-order valence-electron chi connectivity index (χ4n) is 5.11. The Morgan fingerprint density at radius 3 is 2.23 bits per heavy atom. The zero-order valence-corrected chi connectivity index (χ0v) is 22.0. The van der Waals surface area contributed by atoms with Crippen LogP contribution in [0.1, 0.15) is 126 Å². The predicted molar refractivity (Wildman–Crippen MR) is 144 cm³/mol. The van der Waals surface area contributed by atoms with E-state index in [1.807, 2.05) is 36.7 Å². The molecule has 2 aromatic rings. The highest BCUT2D eigenvalue weighted by Gasteiger charge is 2.14. The Morgan fingerprint density at radius 1 is 0.829 bits per heavy atom. The topological polar surface area (TPSA) is 52.1 Å². The fraction of sp³-hybridized carbons (Fsp3) is 0.645. The third-order valence-electron chi connectivity index (χ3n) is 7.37. The van der Waals surface area contributed by atoms with Crippen molar-refractivity contribution in [2.24, 2.45) is 5.92 Å². The van der Waals surface area contributed by atoms with Crippen LogP contribution in [0.5, 0.6) is 0 Å². The molecule has 4 heteroatoms. The minimum absolute atomic E-state index is 0.237. The standard InChI is InChI=1S/C31H46N2O2/c1-2-3-4-5-6-7-11-18-29-24-33-30(25-32-29)27-19-21-28(22-20-27)31(34)35-23-14-9-8-10-15-26-16-12-13-17-26/h19-22,24-26H,2-18,23H2,1H3. The summed E-state index contributed by atoms with van der Waals surface area (Å²) in [5.74, 6) is 0.744. The van der Waals surface area contributed by atoms with Gasteiger partial charge < -0.3 is 4.74 Å². The van der Waals surface area contributed by atoms with Crippen LogP contribution < -0.4 is 0 Å². The number of hydrogen-bond donors (Lipinski definition) is 0. The SMILES string of the molecule is CCCCCCCCCc1cnc(-c2ccc(C(=O)OCCCCCCC3CCCC3)cc2)cn1. The van der Waals surface area contributed by atoms with Crippen LogP contribution in [0.25, 0.3) is 11.3 Å². The molecule has 1 aromatic heterocycles. The number of aromatic nitrogens is 2. The number of rotatable bonds is 17. The van der Waals surface area contributed by atoms with Gasteiger partial charge in [-0.1, -0.05) is 109 Å². The van der Waals surface area contributed by atoms with Crippen LogP contribution in [-0.4, -0.2) is 22.5 Å². The van der Waals surface area contributed by atoms with E-state index >= 15 is 0 Å². The van der Waals surface area contributed by atoms with Gasteiger partial charge in [0, 0.05) is 11.8 Å². The number of benzene rings is 1. The average Bonchev–Trinajstić information content (AvgIpc) is 3.41. The van der Waals surface area contributed by atoms with Gasteiger partial charge in [0.2, 0.25) is 0 Å². The van der Waals surface area contributed by atoms with E-state index in [4.69, 9.17) is 4.74 Å². The van der Waals surface area contributed by atoms with Gasteiger partial charge in [-0.05, 0) is 37.3 Å². The second-order valence-corrected chi connectivity index (χ2v) is 10.3. The monoisotopic (exact) mass is 478 g/mol. The third-order valence-corrected chi connectivity index (χ3v) is 7.37. The molecule has 192 valence electrons. The van der Waals surface area contributed by atoms with Gasteiger partial charge in [-0.3, -0.25) is 9.97 Å². The molecule has 1 heterocycles. The van der Waals surface area contributed by atoms with Gasteiger partial charge in [-0.2, -0.15) is 0 Å². The highest BCUT2D eigenvalue weighted by Crippen LogP contribution is 2.29. The lowest BCUT2D eigenvalue weighted by molar-refractivity contribution is 0.0497. The van der Waals surface area contributed by atoms with Gasteiger partial charge in [-0.15, -0.1) is 0 Å². The third kappa shape index (κ3) is 10.5. The highest BCUT2D eigenvalue weighted by molar-refractivity contribution is 5.89. The maximum atomic E-state index is 12.3. The number of aryl methyl sites for hydroxylation is 1. The molecule has 0 atom stereocenters. The molecule has 0 aliphatic heterocycles. The summed E-state index contributed by atoms with van der Waals surface area (Å²) in [6.07, 6.45) is 25.7. The van der Waals surface area contributed by atoms with E-state index < -0.39 is 0 Å². The van der Waals surface area contributed by atoms with E-state index in [0.29, 0.717) is 12.2 Å². The van der Waals surface area contributed by atoms with Crippen molar-refractivity contribution in [3.63, 3.8) is 0 Å². The molecule has 0 bridgehead atoms. The summed E-state index contributed by atoms with van der Waals surface area (Å²) in [5.41, 5.74) is 3.46. The van der Waals surface area contributed by atoms with Crippen LogP contribution in [0.3, 0.4) is 0 Å². The van der Waals surface area contributed by atoms with Crippen LogP contribution in [0, 0.1) is 5.92 Å². The summed E-state index contributed by atoms with van der Waals surface area (Å²) in [7, 11) is 0. The van der Waals surface area contributed by atoms with Gasteiger partial charge in [0.1, 0.15) is 0 Å². The molecular formula is C31H46N2O2. The molecule has 4 nitrogen and oxygen atoms in total. The molecule has 3 rings (SSSR count). The molecule has 0 unspecified atom stereocenters. The van der Waals surface area contributed by atoms with Crippen LogP contribution in [0.15, 0.2) is 36.7 Å². The van der Waals surface area contributed by atoms with Crippen molar-refractivity contribution in [1.82, 2.24) is 9.97 Å². The summed E-state index contributed by atoms with van der Waals surface area (Å²) in [4.78, 5) is 21.5. The van der Waals surface area contributed by atoms with Crippen molar-refractivity contribution in [3.8, 4) is 11.3 Å². The van der Waals surface area contributed by atoms with Crippen LogP contribution in [-0.2, 0) is 11.2 Å². The fourth-order valence-corrected chi connectivity index (χ4v) is 5.11. The molecule has 0 radical (unpaired) electrons. The lowest BCUT2D eigenvalue weighted by Gasteiger charge is -2.08. The Kier molecular flexibility index (Phi) is 12.9. The van der Waals surface area contributed by atoms with Crippen molar-refractivity contribution in [2.75, 3.05) is 6.61 Å². The number of esters is 1. The average molecular weight is 479 g/mol. The lowest BCUT2D eigenvalue weighted by Crippen LogP contribution is -2.06. The molecule has 0 spiro atoms. The van der Waals surface area contributed by atoms with E-state index in [1.54, 1.807) is 0 Å². The molecule has 1 fully saturated rings. The van der Waals surface area contributed by atoms with E-state index in [9.17, 15) is 4.79 Å². The first-order chi connectivity index (χ1) is 17.3.